The molecule has 0 bridgehead atoms. The summed E-state index contributed by atoms with van der Waals surface area (Å²) in [5.74, 6) is 0.0670. The smallest absolute Gasteiger partial charge is 0.260 e. The third kappa shape index (κ3) is 2.89. The number of aromatic nitrogens is 3. The Kier molecular flexibility index (Phi) is 4.14. The molecular weight excluding hydrogens is 362 g/mol. The summed E-state index contributed by atoms with van der Waals surface area (Å²) in [7, 11) is 2.05. The molecule has 0 saturated heterocycles. The van der Waals surface area contributed by atoms with Gasteiger partial charge < -0.3 is 0 Å². The van der Waals surface area contributed by atoms with Crippen LogP contribution in [0, 0.1) is 0 Å². The maximum absolute atomic E-state index is 13.0. The van der Waals surface area contributed by atoms with Gasteiger partial charge in [0.05, 0.1) is 18.0 Å². The maximum Gasteiger partial charge on any atom is 0.260 e. The third-order valence-electron chi connectivity index (χ3n) is 5.73. The van der Waals surface area contributed by atoms with E-state index in [-0.39, 0.29) is 11.9 Å². The van der Waals surface area contributed by atoms with E-state index < -0.39 is 0 Å². The van der Waals surface area contributed by atoms with Crippen molar-refractivity contribution in [1.82, 2.24) is 19.7 Å². The van der Waals surface area contributed by atoms with Crippen molar-refractivity contribution in [3.05, 3.63) is 84.4 Å². The zero-order valence-corrected chi connectivity index (χ0v) is 16.4. The second-order valence-corrected chi connectivity index (χ2v) is 7.42. The molecule has 0 radical (unpaired) electrons. The molecule has 144 valence electrons. The molecule has 5 rings (SSSR count). The Balaban J connectivity index is 1.37. The zero-order valence-electron chi connectivity index (χ0n) is 16.4. The normalized spacial score (nSPS) is 14.2. The fraction of sp³-hybridized carbons (Fsp3) is 0.174. The van der Waals surface area contributed by atoms with Crippen molar-refractivity contribution in [3.63, 3.8) is 0 Å². The molecule has 0 N–H and O–H groups in total. The molecule has 2 heterocycles. The minimum absolute atomic E-state index is 0.0670. The van der Waals surface area contributed by atoms with Crippen LogP contribution in [0.25, 0.3) is 16.5 Å². The molecule has 1 atom stereocenters. The average molecular weight is 383 g/mol. The van der Waals surface area contributed by atoms with Crippen LogP contribution in [0.4, 0.5) is 5.69 Å². The summed E-state index contributed by atoms with van der Waals surface area (Å²) in [6.07, 6.45) is 3.21. The number of hydrogen-bond acceptors (Lipinski definition) is 4. The SMILES string of the molecule is C[C@@H](c1ccc(-n2cncn2)cc1)N(C)CN1C(=O)c2cccc3cccc1c23. The Morgan fingerprint density at radius 1 is 1.03 bits per heavy atom. The summed E-state index contributed by atoms with van der Waals surface area (Å²) in [4.78, 5) is 21.1. The first kappa shape index (κ1) is 17.6. The Morgan fingerprint density at radius 3 is 2.52 bits per heavy atom. The van der Waals surface area contributed by atoms with E-state index in [1.165, 1.54) is 11.9 Å². The van der Waals surface area contributed by atoms with Gasteiger partial charge in [0.25, 0.3) is 5.91 Å². The Labute approximate surface area is 169 Å². The number of rotatable bonds is 5. The van der Waals surface area contributed by atoms with E-state index >= 15 is 0 Å². The molecule has 6 nitrogen and oxygen atoms in total. The van der Waals surface area contributed by atoms with E-state index in [4.69, 9.17) is 0 Å². The van der Waals surface area contributed by atoms with E-state index in [0.717, 1.165) is 27.7 Å². The van der Waals surface area contributed by atoms with Crippen LogP contribution in [-0.2, 0) is 0 Å². The number of anilines is 1. The molecule has 1 aliphatic heterocycles. The largest absolute Gasteiger partial charge is 0.294 e. The van der Waals surface area contributed by atoms with Crippen LogP contribution < -0.4 is 4.90 Å². The molecular formula is C23H21N5O. The molecule has 0 saturated carbocycles. The highest BCUT2D eigenvalue weighted by Gasteiger charge is 2.30. The van der Waals surface area contributed by atoms with Gasteiger partial charge in [-0.3, -0.25) is 14.6 Å². The van der Waals surface area contributed by atoms with Crippen LogP contribution in [0.3, 0.4) is 0 Å². The van der Waals surface area contributed by atoms with Gasteiger partial charge in [-0.05, 0) is 49.2 Å². The average Bonchev–Trinajstić information content (AvgIpc) is 3.38. The van der Waals surface area contributed by atoms with Gasteiger partial charge in [0.2, 0.25) is 0 Å². The molecule has 6 heteroatoms. The molecule has 4 aromatic rings. The summed E-state index contributed by atoms with van der Waals surface area (Å²) < 4.78 is 1.74. The summed E-state index contributed by atoms with van der Waals surface area (Å²) in [5, 5.41) is 6.32. The van der Waals surface area contributed by atoms with Gasteiger partial charge in [-0.1, -0.05) is 36.4 Å². The van der Waals surface area contributed by atoms with E-state index in [9.17, 15) is 4.79 Å². The van der Waals surface area contributed by atoms with Crippen molar-refractivity contribution < 1.29 is 4.79 Å². The van der Waals surface area contributed by atoms with Gasteiger partial charge in [0, 0.05) is 17.0 Å². The topological polar surface area (TPSA) is 54.3 Å². The van der Waals surface area contributed by atoms with Gasteiger partial charge in [-0.25, -0.2) is 9.67 Å². The lowest BCUT2D eigenvalue weighted by molar-refractivity contribution is 0.0972. The van der Waals surface area contributed by atoms with Crippen LogP contribution in [0.2, 0.25) is 0 Å². The molecule has 29 heavy (non-hydrogen) atoms. The van der Waals surface area contributed by atoms with Crippen molar-refractivity contribution in [2.24, 2.45) is 0 Å². The fourth-order valence-corrected chi connectivity index (χ4v) is 3.97. The summed E-state index contributed by atoms with van der Waals surface area (Å²) in [6.45, 7) is 2.68. The van der Waals surface area contributed by atoms with Crippen LogP contribution in [0.15, 0.2) is 73.3 Å². The van der Waals surface area contributed by atoms with Crippen LogP contribution in [0.5, 0.6) is 0 Å². The molecule has 0 spiro atoms. The lowest BCUT2D eigenvalue weighted by atomic mass is 10.1. The first-order valence-electron chi connectivity index (χ1n) is 9.62. The number of nitrogens with zero attached hydrogens (tertiary/aromatic N) is 5. The Hall–Kier alpha value is -3.51. The number of benzene rings is 3. The van der Waals surface area contributed by atoms with Crippen molar-refractivity contribution in [2.75, 3.05) is 18.6 Å². The third-order valence-corrected chi connectivity index (χ3v) is 5.73. The molecule has 0 fully saturated rings. The van der Waals surface area contributed by atoms with Crippen molar-refractivity contribution >= 4 is 22.4 Å². The fourth-order valence-electron chi connectivity index (χ4n) is 3.97. The minimum atomic E-state index is 0.0670. The molecule has 3 aromatic carbocycles. The van der Waals surface area contributed by atoms with Crippen LogP contribution in [-0.4, -0.2) is 39.3 Å². The highest BCUT2D eigenvalue weighted by molar-refractivity contribution is 6.24. The summed E-state index contributed by atoms with van der Waals surface area (Å²) in [5.41, 5.74) is 3.93. The van der Waals surface area contributed by atoms with Crippen molar-refractivity contribution in [3.8, 4) is 5.69 Å². The highest BCUT2D eigenvalue weighted by atomic mass is 16.2. The van der Waals surface area contributed by atoms with Crippen LogP contribution in [0.1, 0.15) is 28.9 Å². The second kappa shape index (κ2) is 6.83. The first-order chi connectivity index (χ1) is 14.1. The highest BCUT2D eigenvalue weighted by Crippen LogP contribution is 2.37. The van der Waals surface area contributed by atoms with Crippen molar-refractivity contribution in [1.29, 1.82) is 0 Å². The predicted molar refractivity (Wildman–Crippen MR) is 113 cm³/mol. The van der Waals surface area contributed by atoms with E-state index in [1.807, 2.05) is 48.3 Å². The lowest BCUT2D eigenvalue weighted by Crippen LogP contribution is -2.39. The van der Waals surface area contributed by atoms with Gasteiger partial charge in [0.1, 0.15) is 12.7 Å². The Morgan fingerprint density at radius 2 is 1.79 bits per heavy atom. The van der Waals surface area contributed by atoms with Gasteiger partial charge in [-0.2, -0.15) is 5.10 Å². The van der Waals surface area contributed by atoms with E-state index in [2.05, 4.69) is 46.2 Å². The van der Waals surface area contributed by atoms with Crippen molar-refractivity contribution in [2.45, 2.75) is 13.0 Å². The quantitative estimate of drug-likeness (QED) is 0.522. The minimum Gasteiger partial charge on any atom is -0.294 e. The summed E-state index contributed by atoms with van der Waals surface area (Å²) >= 11 is 0. The molecule has 1 aliphatic rings. The number of carbonyl (C=O) groups excluding carboxylic acids is 1. The molecule has 0 aliphatic carbocycles. The number of hydrogen-bond donors (Lipinski definition) is 0. The first-order valence-corrected chi connectivity index (χ1v) is 9.62. The van der Waals surface area contributed by atoms with Crippen LogP contribution >= 0.6 is 0 Å². The summed E-state index contributed by atoms with van der Waals surface area (Å²) in [6, 6.07) is 20.4. The van der Waals surface area contributed by atoms with E-state index in [1.54, 1.807) is 11.0 Å². The lowest BCUT2D eigenvalue weighted by Gasteiger charge is -2.30. The number of amides is 1. The van der Waals surface area contributed by atoms with Gasteiger partial charge >= 0.3 is 0 Å². The Bertz CT molecular complexity index is 1180. The molecule has 1 amide bonds. The maximum atomic E-state index is 13.0. The van der Waals surface area contributed by atoms with E-state index in [0.29, 0.717) is 6.67 Å². The second-order valence-electron chi connectivity index (χ2n) is 7.42. The monoisotopic (exact) mass is 383 g/mol. The van der Waals surface area contributed by atoms with Gasteiger partial charge in [0.15, 0.2) is 0 Å². The molecule has 0 unspecified atom stereocenters. The standard InChI is InChI=1S/C23H21N5O/c1-16(17-9-11-19(12-10-17)28-14-24-13-25-28)26(2)15-27-21-8-4-6-18-5-3-7-20(22(18)21)23(27)29/h3-14,16H,15H2,1-2H3/t16-/m0/s1. The van der Waals surface area contributed by atoms with Gasteiger partial charge in [-0.15, -0.1) is 0 Å². The molecule has 1 aromatic heterocycles. The predicted octanol–water partition coefficient (Wildman–Crippen LogP) is 4.03. The zero-order chi connectivity index (χ0) is 20.0. The number of carbonyl (C=O) groups is 1.